The van der Waals surface area contributed by atoms with Crippen LogP contribution in [0.25, 0.3) is 0 Å². The Labute approximate surface area is 36.5 Å². The van der Waals surface area contributed by atoms with Gasteiger partial charge in [0, 0.05) is 0 Å². The number of hydrogen-bond acceptors (Lipinski definition) is 3. The van der Waals surface area contributed by atoms with Crippen LogP contribution >= 0.6 is 7.94 Å². The van der Waals surface area contributed by atoms with Crippen LogP contribution in [0.15, 0.2) is 0 Å². The Morgan fingerprint density at radius 2 is 2.50 bits per heavy atom. The van der Waals surface area contributed by atoms with Gasteiger partial charge in [-0.05, 0) is 0 Å². The van der Waals surface area contributed by atoms with Crippen molar-refractivity contribution in [2.75, 3.05) is 13.5 Å². The van der Waals surface area contributed by atoms with Gasteiger partial charge in [0.25, 0.3) is 6.35 Å². The van der Waals surface area contributed by atoms with E-state index in [1.807, 2.05) is 0 Å². The fourth-order valence-electron chi connectivity index (χ4n) is 0.155. The molecule has 1 saturated heterocycles. The van der Waals surface area contributed by atoms with Crippen molar-refractivity contribution < 1.29 is 13.9 Å². The zero-order valence-corrected chi connectivity index (χ0v) is 4.31. The molecule has 0 spiro atoms. The van der Waals surface area contributed by atoms with Gasteiger partial charge < -0.3 is 0 Å². The van der Waals surface area contributed by atoms with Crippen LogP contribution in [0.1, 0.15) is 0 Å². The van der Waals surface area contributed by atoms with Gasteiger partial charge in [-0.1, -0.05) is 0 Å². The first-order chi connectivity index (χ1) is 2.77. The van der Waals surface area contributed by atoms with Crippen molar-refractivity contribution in [1.82, 2.24) is 0 Å². The highest BCUT2D eigenvalue weighted by molar-refractivity contribution is 7.66. The summed E-state index contributed by atoms with van der Waals surface area (Å²) in [4.78, 5) is 8.60. The van der Waals surface area contributed by atoms with E-state index < -0.39 is 7.94 Å². The zero-order valence-electron chi connectivity index (χ0n) is 3.42. The highest BCUT2D eigenvalue weighted by Crippen LogP contribution is 2.70. The van der Waals surface area contributed by atoms with Gasteiger partial charge in [0.15, 0.2) is 0 Å². The molecule has 3 nitrogen and oxygen atoms in total. The molecule has 1 rings (SSSR count). The molecule has 1 aliphatic heterocycles. The summed E-state index contributed by atoms with van der Waals surface area (Å²) in [5.41, 5.74) is 0. The molecule has 0 amide bonds. The van der Waals surface area contributed by atoms with E-state index in [9.17, 15) is 0 Å². The molecule has 0 aromatic heterocycles. The van der Waals surface area contributed by atoms with Crippen molar-refractivity contribution in [3.8, 4) is 0 Å². The van der Waals surface area contributed by atoms with Crippen LogP contribution in [-0.2, 0) is 9.05 Å². The van der Waals surface area contributed by atoms with E-state index in [1.165, 1.54) is 7.11 Å². The van der Waals surface area contributed by atoms with Crippen molar-refractivity contribution in [2.45, 2.75) is 0 Å². The lowest BCUT2D eigenvalue weighted by Crippen LogP contribution is -1.69. The molecular formula is C2H6O3P+. The Hall–Kier alpha value is 0.310. The summed E-state index contributed by atoms with van der Waals surface area (Å²) in [6, 6.07) is 0. The highest BCUT2D eigenvalue weighted by atomic mass is 31.2. The molecule has 0 aromatic carbocycles. The molecule has 4 heteroatoms. The molecular weight excluding hydrogens is 103 g/mol. The van der Waals surface area contributed by atoms with Gasteiger partial charge in [0.1, 0.15) is 0 Å². The average Bonchev–Trinajstić information content (AvgIpc) is 2.22. The molecule has 0 aromatic rings. The molecule has 0 saturated carbocycles. The molecule has 0 radical (unpaired) electrons. The van der Waals surface area contributed by atoms with Crippen molar-refractivity contribution in [1.29, 1.82) is 0 Å². The van der Waals surface area contributed by atoms with E-state index in [0.29, 0.717) is 6.35 Å². The van der Waals surface area contributed by atoms with Crippen molar-refractivity contribution in [2.24, 2.45) is 0 Å². The summed E-state index contributed by atoms with van der Waals surface area (Å²) in [5.74, 6) is 0. The van der Waals surface area contributed by atoms with Crippen LogP contribution < -0.4 is 0 Å². The minimum Gasteiger partial charge on any atom is -0.191 e. The SMILES string of the molecule is CO[P+]1(O)CO1. The molecule has 1 unspecified atom stereocenters. The topological polar surface area (TPSA) is 42.0 Å². The van der Waals surface area contributed by atoms with Gasteiger partial charge in [0.05, 0.1) is 7.11 Å². The maximum absolute atomic E-state index is 8.60. The van der Waals surface area contributed by atoms with Crippen LogP contribution in [-0.4, -0.2) is 18.4 Å². The Bertz CT molecular complexity index is 59.8. The Balaban J connectivity index is 2.28. The van der Waals surface area contributed by atoms with Crippen LogP contribution in [0.5, 0.6) is 0 Å². The molecule has 1 atom stereocenters. The first-order valence-electron chi connectivity index (χ1n) is 1.58. The third kappa shape index (κ3) is 0.684. The first-order valence-corrected chi connectivity index (χ1v) is 3.34. The Kier molecular flexibility index (Phi) is 0.848. The third-order valence-corrected chi connectivity index (χ3v) is 1.91. The second kappa shape index (κ2) is 1.14. The van der Waals surface area contributed by atoms with E-state index >= 15 is 0 Å². The minimum absolute atomic E-state index is 0.420. The molecule has 1 fully saturated rings. The largest absolute Gasteiger partial charge is 0.444 e. The number of hydrogen-bond donors (Lipinski definition) is 1. The molecule has 1 aliphatic rings. The summed E-state index contributed by atoms with van der Waals surface area (Å²) in [6.45, 7) is 0. The van der Waals surface area contributed by atoms with E-state index in [4.69, 9.17) is 4.89 Å². The molecule has 1 N–H and O–H groups in total. The van der Waals surface area contributed by atoms with Gasteiger partial charge in [0.2, 0.25) is 0 Å². The fourth-order valence-corrected chi connectivity index (χ4v) is 0.761. The highest BCUT2D eigenvalue weighted by Gasteiger charge is 2.58. The Morgan fingerprint density at radius 1 is 2.00 bits per heavy atom. The predicted octanol–water partition coefficient (Wildman–Crippen LogP) is 0.375. The summed E-state index contributed by atoms with van der Waals surface area (Å²) < 4.78 is 8.98. The Morgan fingerprint density at radius 3 is 2.50 bits per heavy atom. The van der Waals surface area contributed by atoms with Crippen LogP contribution in [0.2, 0.25) is 0 Å². The van der Waals surface area contributed by atoms with E-state index in [1.54, 1.807) is 0 Å². The smallest absolute Gasteiger partial charge is 0.191 e. The van der Waals surface area contributed by atoms with Crippen LogP contribution in [0.3, 0.4) is 0 Å². The lowest BCUT2D eigenvalue weighted by atomic mass is 11.7. The van der Waals surface area contributed by atoms with Gasteiger partial charge >= 0.3 is 7.94 Å². The van der Waals surface area contributed by atoms with Crippen molar-refractivity contribution in [3.63, 3.8) is 0 Å². The lowest BCUT2D eigenvalue weighted by Gasteiger charge is -1.80. The van der Waals surface area contributed by atoms with Gasteiger partial charge in [-0.3, -0.25) is 0 Å². The second-order valence-electron chi connectivity index (χ2n) is 1.08. The third-order valence-electron chi connectivity index (χ3n) is 0.635. The van der Waals surface area contributed by atoms with Crippen molar-refractivity contribution >= 4 is 7.94 Å². The fraction of sp³-hybridized carbons (Fsp3) is 1.00. The molecule has 1 heterocycles. The average molecular weight is 109 g/mol. The lowest BCUT2D eigenvalue weighted by molar-refractivity contribution is 0.343. The monoisotopic (exact) mass is 109 g/mol. The summed E-state index contributed by atoms with van der Waals surface area (Å²) in [7, 11) is -0.701. The normalized spacial score (nSPS) is 43.0. The molecule has 0 bridgehead atoms. The van der Waals surface area contributed by atoms with E-state index in [0.717, 1.165) is 0 Å². The quantitative estimate of drug-likeness (QED) is 0.391. The summed E-state index contributed by atoms with van der Waals surface area (Å²) in [5, 5.41) is 0. The van der Waals surface area contributed by atoms with Gasteiger partial charge in [-0.15, -0.1) is 4.52 Å². The van der Waals surface area contributed by atoms with Gasteiger partial charge in [-0.25, -0.2) is 0 Å². The number of rotatable bonds is 1. The van der Waals surface area contributed by atoms with Crippen LogP contribution in [0, 0.1) is 0 Å². The molecule has 6 heavy (non-hydrogen) atoms. The summed E-state index contributed by atoms with van der Waals surface area (Å²) in [6.07, 6.45) is 0.420. The van der Waals surface area contributed by atoms with Crippen LogP contribution in [0.4, 0.5) is 0 Å². The van der Waals surface area contributed by atoms with E-state index in [2.05, 4.69) is 9.05 Å². The maximum atomic E-state index is 8.60. The van der Waals surface area contributed by atoms with Gasteiger partial charge in [-0.2, -0.15) is 9.42 Å². The molecule has 0 aliphatic carbocycles. The van der Waals surface area contributed by atoms with Crippen molar-refractivity contribution in [3.05, 3.63) is 0 Å². The molecule has 36 valence electrons. The van der Waals surface area contributed by atoms with E-state index in [-0.39, 0.29) is 0 Å². The second-order valence-corrected chi connectivity index (χ2v) is 3.23. The summed E-state index contributed by atoms with van der Waals surface area (Å²) >= 11 is 0. The predicted molar refractivity (Wildman–Crippen MR) is 22.1 cm³/mol. The maximum Gasteiger partial charge on any atom is 0.444 e. The standard InChI is InChI=1S/C2H6O3P/c1-4-6(3)2-5-6/h3H,2H2,1H3/q+1. The minimum atomic E-state index is -2.15. The zero-order chi connectivity index (χ0) is 4.62. The first kappa shape index (κ1) is 4.47.